The quantitative estimate of drug-likeness (QED) is 0.104. The van der Waals surface area contributed by atoms with Gasteiger partial charge in [0, 0.05) is 55.8 Å². The predicted octanol–water partition coefficient (Wildman–Crippen LogP) is 10.6. The van der Waals surface area contributed by atoms with E-state index in [0.29, 0.717) is 97.5 Å². The number of hydrogen-bond acceptors (Lipinski definition) is 13. The molecule has 3 aromatic rings. The first-order valence-electron chi connectivity index (χ1n) is 30.9. The Morgan fingerprint density at radius 3 is 2.51 bits per heavy atom. The van der Waals surface area contributed by atoms with E-state index in [2.05, 4.69) is 56.7 Å². The second kappa shape index (κ2) is 23.4. The molecule has 8 bridgehead atoms. The lowest BCUT2D eigenvalue weighted by atomic mass is 9.54. The van der Waals surface area contributed by atoms with Crippen LogP contribution in [0, 0.1) is 52.3 Å². The van der Waals surface area contributed by atoms with Gasteiger partial charge < -0.3 is 60.8 Å². The van der Waals surface area contributed by atoms with Crippen LogP contribution >= 0.6 is 0 Å². The van der Waals surface area contributed by atoms with Crippen molar-refractivity contribution in [3.05, 3.63) is 76.4 Å². The number of aliphatic hydroxyl groups excluding tert-OH is 3. The minimum absolute atomic E-state index is 0.00415. The zero-order valence-corrected chi connectivity index (χ0v) is 48.1. The van der Waals surface area contributed by atoms with Crippen molar-refractivity contribution in [2.45, 2.75) is 185 Å². The Kier molecular flexibility index (Phi) is 16.7. The molecule has 14 rings (SSSR count). The number of allylic oxidation sites excluding steroid dienone is 2. The fourth-order valence-corrected chi connectivity index (χ4v) is 17.7. The summed E-state index contributed by atoms with van der Waals surface area (Å²) in [5.74, 6) is 4.00. The van der Waals surface area contributed by atoms with Gasteiger partial charge in [0.05, 0.1) is 24.9 Å². The summed E-state index contributed by atoms with van der Waals surface area (Å²) >= 11 is 0. The van der Waals surface area contributed by atoms with Gasteiger partial charge in [0.1, 0.15) is 29.5 Å². The molecule has 79 heavy (non-hydrogen) atoms. The highest BCUT2D eigenvalue weighted by Crippen LogP contribution is 2.65. The van der Waals surface area contributed by atoms with Crippen molar-refractivity contribution in [3.63, 3.8) is 0 Å². The van der Waals surface area contributed by atoms with Crippen LogP contribution < -0.4 is 30.6 Å². The first-order chi connectivity index (χ1) is 38.2. The Morgan fingerprint density at radius 2 is 1.71 bits per heavy atom. The molecule has 11 aliphatic rings. The number of aliphatic imine (C=N–C) groups is 1. The normalized spacial score (nSPS) is 35.6. The summed E-state index contributed by atoms with van der Waals surface area (Å²) in [7, 11) is 3.78. The van der Waals surface area contributed by atoms with Gasteiger partial charge in [-0.2, -0.15) is 0 Å². The average molecular weight is 1090 g/mol. The zero-order chi connectivity index (χ0) is 55.2. The van der Waals surface area contributed by atoms with Crippen molar-refractivity contribution in [2.75, 3.05) is 47.0 Å². The molecule has 9 N–H and O–H groups in total. The Hall–Kier alpha value is -4.53. The van der Waals surface area contributed by atoms with Gasteiger partial charge in [-0.05, 0) is 221 Å². The van der Waals surface area contributed by atoms with Crippen molar-refractivity contribution in [2.24, 2.45) is 63.0 Å². The summed E-state index contributed by atoms with van der Waals surface area (Å²) in [6.07, 6.45) is 20.4. The average Bonchev–Trinajstić information content (AvgIpc) is 3.92. The number of fused-ring (bicyclic) bond motifs is 2. The number of nitrogens with one attached hydrogen (secondary N) is 2. The third-order valence-electron chi connectivity index (χ3n) is 21.4. The standard InChI is InChI=1S/C66H94N4O9/c1-6-41-25-43-14-13-42(41)26-48(72)34-65(19-9-18-64(65)21-23-77-66(37-64)20-8-10-40(33-66)35-68-4)38-70-63(67)69-22-17-49-45(36-71)11-7-12-56(49)78-58-30-44(15-16-53(58)73)62-55(75)31-52-57(79-62)32-59(76-5)61-51-28-47(24-39(2)3)54(74)29-46(51)27-50(43)60(52)61/h13-16,28-30,32,39-43,45,48-50,55-56,62,68,71-75H,6-12,17-27,31,33-38H2,1-5H3,(H3,67,69,70). The fraction of sp³-hybridized carbons (Fsp3) is 0.682. The lowest BCUT2D eigenvalue weighted by molar-refractivity contribution is -0.179. The number of hydrogen-bond donors (Lipinski definition) is 8. The number of nitrogens with two attached hydrogens (primary N) is 1. The third kappa shape index (κ3) is 11.0. The van der Waals surface area contributed by atoms with Crippen LogP contribution in [0.3, 0.4) is 0 Å². The largest absolute Gasteiger partial charge is 0.508 e. The third-order valence-corrected chi connectivity index (χ3v) is 21.4. The van der Waals surface area contributed by atoms with E-state index in [1.165, 1.54) is 12.8 Å². The van der Waals surface area contributed by atoms with E-state index in [-0.39, 0.29) is 64.5 Å². The number of benzene rings is 3. The van der Waals surface area contributed by atoms with E-state index in [4.69, 9.17) is 29.7 Å². The number of rotatable bonds is 7. The summed E-state index contributed by atoms with van der Waals surface area (Å²) in [5, 5.41) is 66.0. The maximum Gasteiger partial charge on any atom is 0.188 e. The van der Waals surface area contributed by atoms with E-state index >= 15 is 0 Å². The smallest absolute Gasteiger partial charge is 0.188 e. The van der Waals surface area contributed by atoms with E-state index < -0.39 is 18.3 Å². The molecule has 3 aromatic carbocycles. The van der Waals surface area contributed by atoms with Gasteiger partial charge in [0.2, 0.25) is 0 Å². The van der Waals surface area contributed by atoms with E-state index in [1.807, 2.05) is 24.3 Å². The number of aliphatic hydroxyl groups is 3. The topological polar surface area (TPSA) is 201 Å². The molecule has 13 nitrogen and oxygen atoms in total. The second-order valence-electron chi connectivity index (χ2n) is 26.6. The fourth-order valence-electron chi connectivity index (χ4n) is 17.7. The van der Waals surface area contributed by atoms with Crippen LogP contribution in [0.4, 0.5) is 0 Å². The molecular formula is C66H94N4O9. The van der Waals surface area contributed by atoms with Gasteiger partial charge in [0.15, 0.2) is 17.5 Å². The molecule has 13 heteroatoms. The molecular weight excluding hydrogens is 993 g/mol. The Labute approximate surface area is 470 Å². The molecule has 432 valence electrons. The van der Waals surface area contributed by atoms with Crippen molar-refractivity contribution in [1.29, 1.82) is 0 Å². The van der Waals surface area contributed by atoms with Crippen LogP contribution in [0.1, 0.15) is 170 Å². The molecule has 0 radical (unpaired) electrons. The number of guanidine groups is 1. The lowest BCUT2D eigenvalue weighted by Crippen LogP contribution is -2.54. The number of phenolic OH excluding ortho intramolecular Hbond substituents is 2. The SMILES string of the molecule is CCC1CC2C=CC1CC(O)CC1(CCCC13CCOC1(CCCC(CNC)C1)C3)CN=C(N)NCCC1C(CO)CCCC1Oc1cc(ccc1O)C1Oc3cc(OC)c4c(c3CC1O)C2Cc1cc(O)c(CC(C)C)cc1-4. The molecule has 5 aliphatic carbocycles. The van der Waals surface area contributed by atoms with E-state index in [1.54, 1.807) is 13.2 Å². The van der Waals surface area contributed by atoms with Crippen LogP contribution in [0.25, 0.3) is 11.1 Å². The second-order valence-corrected chi connectivity index (χ2v) is 26.6. The van der Waals surface area contributed by atoms with Crippen molar-refractivity contribution >= 4 is 5.96 Å². The number of nitrogens with zero attached hydrogens (tertiary/aromatic N) is 1. The highest BCUT2D eigenvalue weighted by atomic mass is 16.5. The summed E-state index contributed by atoms with van der Waals surface area (Å²) in [4.78, 5) is 5.27. The molecule has 6 heterocycles. The van der Waals surface area contributed by atoms with Crippen LogP contribution in [0.15, 0.2) is 53.5 Å². The van der Waals surface area contributed by atoms with E-state index in [9.17, 15) is 25.5 Å². The van der Waals surface area contributed by atoms with Gasteiger partial charge in [-0.1, -0.05) is 58.3 Å². The molecule has 6 aliphatic heterocycles. The highest BCUT2D eigenvalue weighted by Gasteiger charge is 2.60. The highest BCUT2D eigenvalue weighted by molar-refractivity contribution is 5.84. The lowest BCUT2D eigenvalue weighted by Gasteiger charge is -2.56. The molecule has 3 spiro atoms. The van der Waals surface area contributed by atoms with Crippen LogP contribution in [0.5, 0.6) is 28.7 Å². The summed E-state index contributed by atoms with van der Waals surface area (Å²) in [5.41, 5.74) is 13.4. The van der Waals surface area contributed by atoms with Crippen LogP contribution in [0.2, 0.25) is 0 Å². The Bertz CT molecular complexity index is 2710. The summed E-state index contributed by atoms with van der Waals surface area (Å²) in [6, 6.07) is 11.4. The van der Waals surface area contributed by atoms with Crippen molar-refractivity contribution < 1.29 is 44.5 Å². The summed E-state index contributed by atoms with van der Waals surface area (Å²) < 4.78 is 27.2. The maximum atomic E-state index is 12.8. The van der Waals surface area contributed by atoms with Crippen molar-refractivity contribution in [1.82, 2.24) is 10.6 Å². The number of phenols is 2. The van der Waals surface area contributed by atoms with E-state index in [0.717, 1.165) is 130 Å². The number of methoxy groups -OCH3 is 1. The number of aromatic hydroxyl groups is 2. The first-order valence-corrected chi connectivity index (χ1v) is 30.9. The summed E-state index contributed by atoms with van der Waals surface area (Å²) in [6.45, 7) is 9.52. The van der Waals surface area contributed by atoms with Gasteiger partial charge in [-0.25, -0.2) is 0 Å². The van der Waals surface area contributed by atoms with Crippen LogP contribution in [-0.2, 0) is 24.0 Å². The van der Waals surface area contributed by atoms with Gasteiger partial charge in [-0.15, -0.1) is 0 Å². The first kappa shape index (κ1) is 56.3. The maximum absolute atomic E-state index is 12.8. The van der Waals surface area contributed by atoms with Crippen molar-refractivity contribution in [3.8, 4) is 39.9 Å². The molecule has 14 atom stereocenters. The number of ether oxygens (including phenoxy) is 4. The molecule has 3 saturated carbocycles. The minimum Gasteiger partial charge on any atom is -0.508 e. The molecule has 1 saturated heterocycles. The molecule has 0 amide bonds. The minimum atomic E-state index is -0.915. The monoisotopic (exact) mass is 1090 g/mol. The van der Waals surface area contributed by atoms with Gasteiger partial charge >= 0.3 is 0 Å². The Balaban J connectivity index is 0.999. The van der Waals surface area contributed by atoms with Gasteiger partial charge in [0.25, 0.3) is 0 Å². The predicted molar refractivity (Wildman–Crippen MR) is 310 cm³/mol. The van der Waals surface area contributed by atoms with Crippen LogP contribution in [-0.4, -0.2) is 102 Å². The molecule has 4 fully saturated rings. The zero-order valence-electron chi connectivity index (χ0n) is 48.1. The molecule has 14 unspecified atom stereocenters. The van der Waals surface area contributed by atoms with Gasteiger partial charge in [-0.3, -0.25) is 4.99 Å². The Morgan fingerprint density at radius 1 is 0.873 bits per heavy atom. The molecule has 0 aromatic heterocycles.